The molecule has 0 atom stereocenters. The number of pyridine rings is 1. The summed E-state index contributed by atoms with van der Waals surface area (Å²) in [6, 6.07) is 3.16. The van der Waals surface area contributed by atoms with Gasteiger partial charge >= 0.3 is 0 Å². The lowest BCUT2D eigenvalue weighted by Crippen LogP contribution is -2.23. The van der Waals surface area contributed by atoms with E-state index in [1.54, 1.807) is 17.8 Å². The van der Waals surface area contributed by atoms with Crippen LogP contribution >= 0.6 is 22.9 Å². The Balaban J connectivity index is 1.98. The van der Waals surface area contributed by atoms with Crippen molar-refractivity contribution < 1.29 is 4.79 Å². The number of carbonyl (C=O) groups excluding carboxylic acids is 1. The van der Waals surface area contributed by atoms with Crippen molar-refractivity contribution >= 4 is 28.8 Å². The number of hydrogen-bond donors (Lipinski definition) is 1. The lowest BCUT2D eigenvalue weighted by Gasteiger charge is -2.02. The van der Waals surface area contributed by atoms with Gasteiger partial charge in [-0.05, 0) is 12.1 Å². The molecular formula is C10H8ClN3OS. The molecule has 2 aromatic rings. The molecule has 0 aromatic carbocycles. The predicted octanol–water partition coefficient (Wildman–Crippen LogP) is 2.12. The van der Waals surface area contributed by atoms with E-state index in [2.05, 4.69) is 15.3 Å². The highest BCUT2D eigenvalue weighted by molar-refractivity contribution is 7.09. The molecule has 6 heteroatoms. The lowest BCUT2D eigenvalue weighted by molar-refractivity contribution is 0.0946. The fourth-order valence-electron chi connectivity index (χ4n) is 1.12. The van der Waals surface area contributed by atoms with E-state index in [1.165, 1.54) is 23.6 Å². The van der Waals surface area contributed by atoms with Crippen LogP contribution in [-0.2, 0) is 6.54 Å². The minimum absolute atomic E-state index is 0.240. The normalized spacial score (nSPS) is 10.1. The van der Waals surface area contributed by atoms with Crippen LogP contribution in [0, 0.1) is 0 Å². The number of carbonyl (C=O) groups is 1. The summed E-state index contributed by atoms with van der Waals surface area (Å²) in [5, 5.41) is 3.24. The first-order valence-corrected chi connectivity index (χ1v) is 5.78. The summed E-state index contributed by atoms with van der Waals surface area (Å²) in [6.45, 7) is 0.456. The first-order valence-electron chi connectivity index (χ1n) is 4.53. The Morgan fingerprint density at radius 1 is 1.56 bits per heavy atom. The molecule has 1 N–H and O–H groups in total. The van der Waals surface area contributed by atoms with Crippen LogP contribution in [0.15, 0.2) is 30.0 Å². The molecule has 0 spiro atoms. The van der Waals surface area contributed by atoms with Crippen molar-refractivity contribution in [1.29, 1.82) is 0 Å². The second-order valence-electron chi connectivity index (χ2n) is 3.01. The second kappa shape index (κ2) is 5.05. The summed E-state index contributed by atoms with van der Waals surface area (Å²) in [4.78, 5) is 20.5. The van der Waals surface area contributed by atoms with Crippen molar-refractivity contribution in [2.24, 2.45) is 0 Å². The second-order valence-corrected chi connectivity index (χ2v) is 4.42. The molecule has 0 bridgehead atoms. The number of thiazole rings is 1. The Bertz CT molecular complexity index is 487. The highest BCUT2D eigenvalue weighted by Crippen LogP contribution is 2.08. The molecule has 82 valence electrons. The van der Waals surface area contributed by atoms with Crippen LogP contribution < -0.4 is 5.32 Å². The largest absolute Gasteiger partial charge is 0.346 e. The molecule has 2 aromatic heterocycles. The zero-order chi connectivity index (χ0) is 11.4. The van der Waals surface area contributed by atoms with Crippen LogP contribution in [0.25, 0.3) is 0 Å². The fraction of sp³-hybridized carbons (Fsp3) is 0.100. The monoisotopic (exact) mass is 253 g/mol. The van der Waals surface area contributed by atoms with Gasteiger partial charge in [0.25, 0.3) is 5.91 Å². The van der Waals surface area contributed by atoms with Crippen LogP contribution in [0.4, 0.5) is 0 Å². The Morgan fingerprint density at radius 3 is 3.12 bits per heavy atom. The number of amides is 1. The van der Waals surface area contributed by atoms with Gasteiger partial charge in [-0.15, -0.1) is 11.3 Å². The molecule has 0 aliphatic carbocycles. The van der Waals surface area contributed by atoms with E-state index in [-0.39, 0.29) is 5.91 Å². The maximum absolute atomic E-state index is 11.6. The smallest absolute Gasteiger partial charge is 0.270 e. The SMILES string of the molecule is O=C(NCc1cncs1)c1cc(Cl)ccn1. The Labute approximate surface area is 101 Å². The summed E-state index contributed by atoms with van der Waals surface area (Å²) in [7, 11) is 0. The zero-order valence-corrected chi connectivity index (χ0v) is 9.76. The molecular weight excluding hydrogens is 246 g/mol. The molecule has 2 rings (SSSR count). The number of aromatic nitrogens is 2. The van der Waals surface area contributed by atoms with Crippen LogP contribution in [0.1, 0.15) is 15.4 Å². The quantitative estimate of drug-likeness (QED) is 0.912. The minimum atomic E-state index is -0.240. The van der Waals surface area contributed by atoms with E-state index in [0.29, 0.717) is 17.3 Å². The highest BCUT2D eigenvalue weighted by Gasteiger charge is 2.07. The number of rotatable bonds is 3. The van der Waals surface area contributed by atoms with Gasteiger partial charge in [0.2, 0.25) is 0 Å². The maximum Gasteiger partial charge on any atom is 0.270 e. The van der Waals surface area contributed by atoms with E-state index in [1.807, 2.05) is 0 Å². The minimum Gasteiger partial charge on any atom is -0.346 e. The first-order chi connectivity index (χ1) is 7.75. The Kier molecular flexibility index (Phi) is 3.48. The fourth-order valence-corrected chi connectivity index (χ4v) is 1.81. The number of hydrogen-bond acceptors (Lipinski definition) is 4. The summed E-state index contributed by atoms with van der Waals surface area (Å²) in [5.41, 5.74) is 2.04. The maximum atomic E-state index is 11.6. The average molecular weight is 254 g/mol. The zero-order valence-electron chi connectivity index (χ0n) is 8.18. The molecule has 0 aliphatic rings. The van der Waals surface area contributed by atoms with Crippen LogP contribution in [0.5, 0.6) is 0 Å². The molecule has 0 radical (unpaired) electrons. The third kappa shape index (κ3) is 2.77. The van der Waals surface area contributed by atoms with Crippen molar-refractivity contribution in [2.45, 2.75) is 6.54 Å². The molecule has 1 amide bonds. The van der Waals surface area contributed by atoms with Crippen molar-refractivity contribution in [1.82, 2.24) is 15.3 Å². The number of nitrogens with one attached hydrogen (secondary N) is 1. The molecule has 4 nitrogen and oxygen atoms in total. The molecule has 16 heavy (non-hydrogen) atoms. The van der Waals surface area contributed by atoms with Gasteiger partial charge in [0.05, 0.1) is 12.1 Å². The van der Waals surface area contributed by atoms with Crippen molar-refractivity contribution in [2.75, 3.05) is 0 Å². The number of nitrogens with zero attached hydrogens (tertiary/aromatic N) is 2. The summed E-state index contributed by atoms with van der Waals surface area (Å²) >= 11 is 7.25. The first kappa shape index (κ1) is 11.0. The highest BCUT2D eigenvalue weighted by atomic mass is 35.5. The van der Waals surface area contributed by atoms with Crippen LogP contribution in [0.2, 0.25) is 5.02 Å². The van der Waals surface area contributed by atoms with Crippen LogP contribution in [0.3, 0.4) is 0 Å². The molecule has 0 saturated carbocycles. The van der Waals surface area contributed by atoms with Crippen molar-refractivity contribution in [3.05, 3.63) is 45.6 Å². The van der Waals surface area contributed by atoms with Gasteiger partial charge in [0.15, 0.2) is 0 Å². The standard InChI is InChI=1S/C10H8ClN3OS/c11-7-1-2-13-9(3-7)10(15)14-5-8-4-12-6-16-8/h1-4,6H,5H2,(H,14,15). The molecule has 2 heterocycles. The number of halogens is 1. The van der Waals surface area contributed by atoms with E-state index < -0.39 is 0 Å². The molecule has 0 fully saturated rings. The third-order valence-corrected chi connectivity index (χ3v) is 2.88. The summed E-state index contributed by atoms with van der Waals surface area (Å²) < 4.78 is 0. The Hall–Kier alpha value is -1.46. The van der Waals surface area contributed by atoms with Gasteiger partial charge in [0, 0.05) is 22.3 Å². The molecule has 0 unspecified atom stereocenters. The van der Waals surface area contributed by atoms with Gasteiger partial charge < -0.3 is 5.32 Å². The van der Waals surface area contributed by atoms with Gasteiger partial charge in [-0.1, -0.05) is 11.6 Å². The van der Waals surface area contributed by atoms with Crippen molar-refractivity contribution in [3.63, 3.8) is 0 Å². The summed E-state index contributed by atoms with van der Waals surface area (Å²) in [6.07, 6.45) is 3.22. The predicted molar refractivity (Wildman–Crippen MR) is 62.5 cm³/mol. The Morgan fingerprint density at radius 2 is 2.44 bits per heavy atom. The van der Waals surface area contributed by atoms with Gasteiger partial charge in [0.1, 0.15) is 5.69 Å². The average Bonchev–Trinajstić information content (AvgIpc) is 2.78. The van der Waals surface area contributed by atoms with E-state index in [9.17, 15) is 4.79 Å². The lowest BCUT2D eigenvalue weighted by atomic mass is 10.3. The van der Waals surface area contributed by atoms with E-state index >= 15 is 0 Å². The van der Waals surface area contributed by atoms with Gasteiger partial charge in [-0.3, -0.25) is 14.8 Å². The summed E-state index contributed by atoms with van der Waals surface area (Å²) in [5.74, 6) is -0.240. The van der Waals surface area contributed by atoms with E-state index in [4.69, 9.17) is 11.6 Å². The molecule has 0 aliphatic heterocycles. The molecule has 0 saturated heterocycles. The third-order valence-electron chi connectivity index (χ3n) is 1.86. The van der Waals surface area contributed by atoms with E-state index in [0.717, 1.165) is 4.88 Å². The van der Waals surface area contributed by atoms with Gasteiger partial charge in [-0.25, -0.2) is 0 Å². The topological polar surface area (TPSA) is 54.9 Å². The van der Waals surface area contributed by atoms with Crippen molar-refractivity contribution in [3.8, 4) is 0 Å². The van der Waals surface area contributed by atoms with Gasteiger partial charge in [-0.2, -0.15) is 0 Å². The van der Waals surface area contributed by atoms with Crippen LogP contribution in [-0.4, -0.2) is 15.9 Å².